The minimum atomic E-state index is 0.913. The molecule has 0 N–H and O–H groups in total. The van der Waals surface area contributed by atoms with E-state index in [1.54, 1.807) is 0 Å². The normalized spacial score (nSPS) is 10.1. The molecule has 0 rings (SSSR count). The van der Waals surface area contributed by atoms with Crippen LogP contribution in [0.15, 0.2) is 17.1 Å². The first kappa shape index (κ1) is 7.76. The zero-order valence-corrected chi connectivity index (χ0v) is 5.95. The van der Waals surface area contributed by atoms with Gasteiger partial charge in [-0.25, -0.2) is 4.40 Å². The molecule has 0 saturated heterocycles. The van der Waals surface area contributed by atoms with Gasteiger partial charge in [-0.1, -0.05) is 13.0 Å². The minimum Gasteiger partial charge on any atom is -0.229 e. The van der Waals surface area contributed by atoms with E-state index in [0.717, 1.165) is 12.2 Å². The Balaban J connectivity index is 2.90. The highest BCUT2D eigenvalue weighted by molar-refractivity contribution is 7.98. The van der Waals surface area contributed by atoms with Crippen molar-refractivity contribution < 1.29 is 0 Å². The molecule has 0 aliphatic carbocycles. The van der Waals surface area contributed by atoms with Crippen LogP contribution in [0.2, 0.25) is 0 Å². The lowest BCUT2D eigenvalue weighted by Crippen LogP contribution is -1.65. The number of hydrogen-bond acceptors (Lipinski definition) is 2. The maximum Gasteiger partial charge on any atom is 0.0331 e. The maximum atomic E-state index is 4.00. The molecule has 0 bridgehead atoms. The van der Waals surface area contributed by atoms with Gasteiger partial charge in [-0.2, -0.15) is 0 Å². The summed E-state index contributed by atoms with van der Waals surface area (Å²) < 4.78 is 4.00. The van der Waals surface area contributed by atoms with Gasteiger partial charge in [-0.05, 0) is 18.4 Å². The molecule has 0 saturated carbocycles. The van der Waals surface area contributed by atoms with Crippen LogP contribution in [0.1, 0.15) is 13.3 Å². The zero-order chi connectivity index (χ0) is 6.24. The van der Waals surface area contributed by atoms with Crippen molar-refractivity contribution in [1.29, 1.82) is 0 Å². The largest absolute Gasteiger partial charge is 0.229 e. The van der Waals surface area contributed by atoms with Crippen LogP contribution in [0.25, 0.3) is 0 Å². The molecule has 1 nitrogen and oxygen atoms in total. The van der Waals surface area contributed by atoms with Crippen LogP contribution in [0.3, 0.4) is 0 Å². The van der Waals surface area contributed by atoms with Gasteiger partial charge in [0.15, 0.2) is 0 Å². The van der Waals surface area contributed by atoms with Gasteiger partial charge in [-0.3, -0.25) is 0 Å². The summed E-state index contributed by atoms with van der Waals surface area (Å²) in [6.45, 7) is 5.63. The van der Waals surface area contributed by atoms with E-state index in [2.05, 4.69) is 17.9 Å². The van der Waals surface area contributed by atoms with E-state index < -0.39 is 0 Å². The predicted octanol–water partition coefficient (Wildman–Crippen LogP) is 2.30. The Morgan fingerprint density at radius 1 is 1.75 bits per heavy atom. The van der Waals surface area contributed by atoms with E-state index in [-0.39, 0.29) is 0 Å². The Morgan fingerprint density at radius 2 is 2.50 bits per heavy atom. The smallest absolute Gasteiger partial charge is 0.0331 e. The summed E-state index contributed by atoms with van der Waals surface area (Å²) in [4.78, 5) is 0. The molecular formula is C6H11NS. The topological polar surface area (TPSA) is 12.4 Å². The Hall–Kier alpha value is -0.240. The van der Waals surface area contributed by atoms with Crippen LogP contribution in [0, 0.1) is 0 Å². The lowest BCUT2D eigenvalue weighted by Gasteiger charge is -1.81. The van der Waals surface area contributed by atoms with Gasteiger partial charge in [0.25, 0.3) is 0 Å². The molecule has 0 heterocycles. The van der Waals surface area contributed by atoms with Crippen molar-refractivity contribution in [3.63, 3.8) is 0 Å². The summed E-state index contributed by atoms with van der Waals surface area (Å²) in [5.74, 6) is 0.913. The average Bonchev–Trinajstić information content (AvgIpc) is 1.81. The van der Waals surface area contributed by atoms with Crippen LogP contribution in [-0.2, 0) is 0 Å². The SMILES string of the molecule is C=CCS/N=C\CC. The quantitative estimate of drug-likeness (QED) is 0.245. The minimum absolute atomic E-state index is 0.913. The molecule has 46 valence electrons. The van der Waals surface area contributed by atoms with Crippen molar-refractivity contribution in [2.24, 2.45) is 4.40 Å². The third-order valence-electron chi connectivity index (χ3n) is 0.524. The van der Waals surface area contributed by atoms with Crippen molar-refractivity contribution in [3.05, 3.63) is 12.7 Å². The Bertz CT molecular complexity index is 78.6. The van der Waals surface area contributed by atoms with Crippen LogP contribution in [0.5, 0.6) is 0 Å². The fourth-order valence-electron chi connectivity index (χ4n) is 0.223. The van der Waals surface area contributed by atoms with Crippen LogP contribution in [0.4, 0.5) is 0 Å². The van der Waals surface area contributed by atoms with Gasteiger partial charge in [0.1, 0.15) is 0 Å². The van der Waals surface area contributed by atoms with E-state index in [1.807, 2.05) is 12.3 Å². The summed E-state index contributed by atoms with van der Waals surface area (Å²) in [5, 5.41) is 0. The molecule has 0 unspecified atom stereocenters. The average molecular weight is 129 g/mol. The van der Waals surface area contributed by atoms with Crippen molar-refractivity contribution in [1.82, 2.24) is 0 Å². The van der Waals surface area contributed by atoms with Gasteiger partial charge in [-0.15, -0.1) is 6.58 Å². The molecule has 0 aromatic carbocycles. The monoisotopic (exact) mass is 129 g/mol. The summed E-state index contributed by atoms with van der Waals surface area (Å²) in [6, 6.07) is 0. The number of rotatable bonds is 4. The van der Waals surface area contributed by atoms with E-state index >= 15 is 0 Å². The van der Waals surface area contributed by atoms with Crippen LogP contribution in [-0.4, -0.2) is 12.0 Å². The van der Waals surface area contributed by atoms with Gasteiger partial charge >= 0.3 is 0 Å². The summed E-state index contributed by atoms with van der Waals surface area (Å²) in [5.41, 5.74) is 0. The molecule has 0 amide bonds. The second-order valence-corrected chi connectivity index (χ2v) is 2.08. The first-order valence-electron chi connectivity index (χ1n) is 2.66. The maximum absolute atomic E-state index is 4.00. The lowest BCUT2D eigenvalue weighted by atomic mass is 10.6. The molecule has 0 aliphatic rings. The van der Waals surface area contributed by atoms with Gasteiger partial charge < -0.3 is 0 Å². The first-order valence-corrected chi connectivity index (χ1v) is 3.60. The molecule has 8 heavy (non-hydrogen) atoms. The molecule has 0 fully saturated rings. The second-order valence-electron chi connectivity index (χ2n) is 1.28. The van der Waals surface area contributed by atoms with Gasteiger partial charge in [0, 0.05) is 12.0 Å². The Labute approximate surface area is 55.0 Å². The van der Waals surface area contributed by atoms with E-state index in [1.165, 1.54) is 11.9 Å². The van der Waals surface area contributed by atoms with E-state index in [0.29, 0.717) is 0 Å². The van der Waals surface area contributed by atoms with Crippen molar-refractivity contribution in [3.8, 4) is 0 Å². The first-order chi connectivity index (χ1) is 3.91. The third kappa shape index (κ3) is 5.76. The molecule has 2 heteroatoms. The van der Waals surface area contributed by atoms with Crippen molar-refractivity contribution >= 4 is 18.2 Å². The van der Waals surface area contributed by atoms with Gasteiger partial charge in [0.05, 0.1) is 0 Å². The second kappa shape index (κ2) is 6.76. The number of nitrogens with zero attached hydrogens (tertiary/aromatic N) is 1. The predicted molar refractivity (Wildman–Crippen MR) is 41.4 cm³/mol. The molecule has 0 atom stereocenters. The fraction of sp³-hybridized carbons (Fsp3) is 0.500. The van der Waals surface area contributed by atoms with E-state index in [9.17, 15) is 0 Å². The summed E-state index contributed by atoms with van der Waals surface area (Å²) >= 11 is 1.53. The molecule has 0 radical (unpaired) electrons. The highest BCUT2D eigenvalue weighted by Gasteiger charge is 1.71. The van der Waals surface area contributed by atoms with Crippen molar-refractivity contribution in [2.45, 2.75) is 13.3 Å². The zero-order valence-electron chi connectivity index (χ0n) is 5.13. The molecule has 0 spiro atoms. The fourth-order valence-corrected chi connectivity index (χ4v) is 0.669. The lowest BCUT2D eigenvalue weighted by molar-refractivity contribution is 1.33. The third-order valence-corrected chi connectivity index (χ3v) is 1.21. The molecule has 0 aliphatic heterocycles. The van der Waals surface area contributed by atoms with Crippen LogP contribution >= 0.6 is 11.9 Å². The number of hydrogen-bond donors (Lipinski definition) is 0. The molecule has 0 aromatic heterocycles. The standard InChI is InChI=1S/C6H11NS/c1-3-5-7-8-6-4-2/h4-5H,2-3,6H2,1H3/b7-5-. The molecular weight excluding hydrogens is 118 g/mol. The highest BCUT2D eigenvalue weighted by atomic mass is 32.2. The van der Waals surface area contributed by atoms with Crippen molar-refractivity contribution in [2.75, 3.05) is 5.75 Å². The molecule has 0 aromatic rings. The summed E-state index contributed by atoms with van der Waals surface area (Å²) in [7, 11) is 0. The van der Waals surface area contributed by atoms with Gasteiger partial charge in [0.2, 0.25) is 0 Å². The van der Waals surface area contributed by atoms with Crippen LogP contribution < -0.4 is 0 Å². The Kier molecular flexibility index (Phi) is 6.56. The summed E-state index contributed by atoms with van der Waals surface area (Å²) in [6.07, 6.45) is 4.76. The highest BCUT2D eigenvalue weighted by Crippen LogP contribution is 1.98. The van der Waals surface area contributed by atoms with E-state index in [4.69, 9.17) is 0 Å². The Morgan fingerprint density at radius 3 is 3.00 bits per heavy atom.